The minimum absolute atomic E-state index is 0.0986. The van der Waals surface area contributed by atoms with Crippen molar-refractivity contribution in [2.75, 3.05) is 13.7 Å². The molecule has 0 amide bonds. The SMILES string of the molecule is CNC(CO)[C@@H](CCC(=O)OCc1ccccc1)N=O. The topological polar surface area (TPSA) is 88.0 Å². The van der Waals surface area contributed by atoms with E-state index in [4.69, 9.17) is 9.84 Å². The summed E-state index contributed by atoms with van der Waals surface area (Å²) in [6.45, 7) is 0.0142. The maximum Gasteiger partial charge on any atom is 0.306 e. The Morgan fingerprint density at radius 3 is 2.65 bits per heavy atom. The van der Waals surface area contributed by atoms with E-state index in [0.29, 0.717) is 0 Å². The van der Waals surface area contributed by atoms with E-state index in [1.165, 1.54) is 0 Å². The highest BCUT2D eigenvalue weighted by atomic mass is 16.5. The lowest BCUT2D eigenvalue weighted by Crippen LogP contribution is -2.39. The molecule has 0 saturated carbocycles. The summed E-state index contributed by atoms with van der Waals surface area (Å²) in [6.07, 6.45) is 0.352. The Kier molecular flexibility index (Phi) is 7.46. The van der Waals surface area contributed by atoms with Crippen molar-refractivity contribution in [3.05, 3.63) is 40.8 Å². The van der Waals surface area contributed by atoms with Gasteiger partial charge in [0.25, 0.3) is 0 Å². The zero-order valence-corrected chi connectivity index (χ0v) is 11.5. The van der Waals surface area contributed by atoms with Crippen LogP contribution in [0.3, 0.4) is 0 Å². The highest BCUT2D eigenvalue weighted by molar-refractivity contribution is 5.69. The van der Waals surface area contributed by atoms with E-state index >= 15 is 0 Å². The Morgan fingerprint density at radius 2 is 2.10 bits per heavy atom. The van der Waals surface area contributed by atoms with Crippen LogP contribution in [0.4, 0.5) is 0 Å². The third kappa shape index (κ3) is 5.46. The first-order valence-corrected chi connectivity index (χ1v) is 6.51. The maximum atomic E-state index is 11.6. The second kappa shape index (κ2) is 9.17. The smallest absolute Gasteiger partial charge is 0.306 e. The molecule has 0 saturated heterocycles. The number of nitroso groups, excluding NO2 is 1. The van der Waals surface area contributed by atoms with Gasteiger partial charge in [-0.05, 0) is 19.0 Å². The third-order valence-corrected chi connectivity index (χ3v) is 3.05. The van der Waals surface area contributed by atoms with Gasteiger partial charge in [-0.3, -0.25) is 4.79 Å². The largest absolute Gasteiger partial charge is 0.461 e. The molecule has 6 nitrogen and oxygen atoms in total. The van der Waals surface area contributed by atoms with Crippen molar-refractivity contribution in [1.29, 1.82) is 0 Å². The molecule has 110 valence electrons. The van der Waals surface area contributed by atoms with Crippen molar-refractivity contribution >= 4 is 5.97 Å². The Bertz CT molecular complexity index is 407. The Labute approximate surface area is 118 Å². The Balaban J connectivity index is 2.33. The van der Waals surface area contributed by atoms with Crippen molar-refractivity contribution < 1.29 is 14.6 Å². The fraction of sp³-hybridized carbons (Fsp3) is 0.500. The van der Waals surface area contributed by atoms with E-state index in [9.17, 15) is 9.70 Å². The number of aliphatic hydroxyl groups excluding tert-OH is 1. The number of benzene rings is 1. The second-order valence-corrected chi connectivity index (χ2v) is 4.44. The Hall–Kier alpha value is -1.79. The molecular formula is C14H20N2O4. The number of esters is 1. The molecule has 2 atom stereocenters. The fourth-order valence-electron chi connectivity index (χ4n) is 1.81. The van der Waals surface area contributed by atoms with Crippen molar-refractivity contribution in [3.8, 4) is 0 Å². The van der Waals surface area contributed by atoms with Crippen LogP contribution in [0.5, 0.6) is 0 Å². The summed E-state index contributed by atoms with van der Waals surface area (Å²) in [7, 11) is 1.63. The van der Waals surface area contributed by atoms with Crippen molar-refractivity contribution in [1.82, 2.24) is 5.32 Å². The third-order valence-electron chi connectivity index (χ3n) is 3.05. The van der Waals surface area contributed by atoms with Gasteiger partial charge in [0.2, 0.25) is 0 Å². The van der Waals surface area contributed by atoms with Gasteiger partial charge >= 0.3 is 5.97 Å². The summed E-state index contributed by atoms with van der Waals surface area (Å²) in [4.78, 5) is 22.3. The first-order valence-electron chi connectivity index (χ1n) is 6.51. The number of nitrogens with zero attached hydrogens (tertiary/aromatic N) is 1. The molecule has 0 aliphatic rings. The lowest BCUT2D eigenvalue weighted by molar-refractivity contribution is -0.145. The van der Waals surface area contributed by atoms with Crippen LogP contribution in [0.1, 0.15) is 18.4 Å². The molecule has 0 radical (unpaired) electrons. The van der Waals surface area contributed by atoms with E-state index in [-0.39, 0.29) is 32.0 Å². The normalized spacial score (nSPS) is 13.5. The van der Waals surface area contributed by atoms with Gasteiger partial charge in [-0.2, -0.15) is 4.91 Å². The zero-order chi connectivity index (χ0) is 14.8. The van der Waals surface area contributed by atoms with Gasteiger partial charge in [0, 0.05) is 6.42 Å². The quantitative estimate of drug-likeness (QED) is 0.524. The van der Waals surface area contributed by atoms with Gasteiger partial charge in [0.1, 0.15) is 12.6 Å². The number of hydrogen-bond acceptors (Lipinski definition) is 6. The van der Waals surface area contributed by atoms with Gasteiger partial charge in [0.05, 0.1) is 12.6 Å². The summed E-state index contributed by atoms with van der Waals surface area (Å²) in [5.74, 6) is -0.379. The molecule has 1 unspecified atom stereocenters. The summed E-state index contributed by atoms with van der Waals surface area (Å²) in [5, 5.41) is 14.8. The van der Waals surface area contributed by atoms with Crippen LogP contribution >= 0.6 is 0 Å². The van der Waals surface area contributed by atoms with Crippen molar-refractivity contribution in [3.63, 3.8) is 0 Å². The number of hydrogen-bond donors (Lipinski definition) is 2. The highest BCUT2D eigenvalue weighted by Crippen LogP contribution is 2.09. The lowest BCUT2D eigenvalue weighted by Gasteiger charge is -2.18. The van der Waals surface area contributed by atoms with E-state index in [1.54, 1.807) is 7.05 Å². The number of ether oxygens (including phenoxy) is 1. The molecule has 1 aromatic carbocycles. The number of likely N-dealkylation sites (N-methyl/N-ethyl adjacent to an activating group) is 1. The van der Waals surface area contributed by atoms with Crippen LogP contribution in [0.15, 0.2) is 35.5 Å². The molecule has 1 aromatic rings. The molecule has 0 aliphatic heterocycles. The van der Waals surface area contributed by atoms with Crippen molar-refractivity contribution in [2.24, 2.45) is 5.18 Å². The van der Waals surface area contributed by atoms with E-state index < -0.39 is 12.1 Å². The molecule has 0 spiro atoms. The van der Waals surface area contributed by atoms with Crippen LogP contribution in [-0.2, 0) is 16.1 Å². The monoisotopic (exact) mass is 280 g/mol. The molecule has 0 heterocycles. The standard InChI is InChI=1S/C14H20N2O4/c1-15-13(9-17)12(16-19)7-8-14(18)20-10-11-5-3-2-4-6-11/h2-6,12-13,15,17H,7-10H2,1H3/t12-,13?/m1/s1. The average molecular weight is 280 g/mol. The molecular weight excluding hydrogens is 260 g/mol. The van der Waals surface area contributed by atoms with Gasteiger partial charge in [0.15, 0.2) is 0 Å². The summed E-state index contributed by atoms with van der Waals surface area (Å²) in [6, 6.07) is 8.28. The van der Waals surface area contributed by atoms with Crippen LogP contribution < -0.4 is 5.32 Å². The first-order chi connectivity index (χ1) is 9.71. The van der Waals surface area contributed by atoms with E-state index in [1.807, 2.05) is 30.3 Å². The molecule has 0 fully saturated rings. The van der Waals surface area contributed by atoms with Crippen molar-refractivity contribution in [2.45, 2.75) is 31.5 Å². The van der Waals surface area contributed by atoms with Gasteiger partial charge in [-0.15, -0.1) is 0 Å². The minimum atomic E-state index is -0.644. The molecule has 0 bridgehead atoms. The van der Waals surface area contributed by atoms with E-state index in [0.717, 1.165) is 5.56 Å². The summed E-state index contributed by atoms with van der Waals surface area (Å²) in [5.41, 5.74) is 0.911. The van der Waals surface area contributed by atoms with Gasteiger partial charge in [-0.1, -0.05) is 35.5 Å². The number of carbonyl (C=O) groups excluding carboxylic acids is 1. The van der Waals surface area contributed by atoms with E-state index in [2.05, 4.69) is 10.5 Å². The zero-order valence-electron chi connectivity index (χ0n) is 11.5. The van der Waals surface area contributed by atoms with Crippen LogP contribution in [0.2, 0.25) is 0 Å². The number of carbonyl (C=O) groups is 1. The molecule has 20 heavy (non-hydrogen) atoms. The first kappa shape index (κ1) is 16.3. The number of nitrogens with one attached hydrogen (secondary N) is 1. The lowest BCUT2D eigenvalue weighted by atomic mass is 10.0. The van der Waals surface area contributed by atoms with Gasteiger partial charge < -0.3 is 15.2 Å². The van der Waals surface area contributed by atoms with Gasteiger partial charge in [-0.25, -0.2) is 0 Å². The highest BCUT2D eigenvalue weighted by Gasteiger charge is 2.21. The molecule has 1 rings (SSSR count). The minimum Gasteiger partial charge on any atom is -0.461 e. The Morgan fingerprint density at radius 1 is 1.40 bits per heavy atom. The number of aliphatic hydroxyl groups is 1. The fourth-order valence-corrected chi connectivity index (χ4v) is 1.81. The van der Waals surface area contributed by atoms with Crippen LogP contribution in [0.25, 0.3) is 0 Å². The van der Waals surface area contributed by atoms with Crippen LogP contribution in [-0.4, -0.2) is 36.8 Å². The van der Waals surface area contributed by atoms with Crippen LogP contribution in [0, 0.1) is 4.91 Å². The second-order valence-electron chi connectivity index (χ2n) is 4.44. The summed E-state index contributed by atoms with van der Waals surface area (Å²) >= 11 is 0. The molecule has 0 aliphatic carbocycles. The average Bonchev–Trinajstić information content (AvgIpc) is 2.50. The molecule has 6 heteroatoms. The maximum absolute atomic E-state index is 11.6. The molecule has 0 aromatic heterocycles. The summed E-state index contributed by atoms with van der Waals surface area (Å²) < 4.78 is 5.10. The number of rotatable bonds is 9. The predicted molar refractivity (Wildman–Crippen MR) is 75.0 cm³/mol. The molecule has 2 N–H and O–H groups in total. The predicted octanol–water partition coefficient (Wildman–Crippen LogP) is 1.23.